The molecular weight excluding hydrogens is 314 g/mol. The standard InChI is InChI=1S/C25H27N/c1-4-21-7-6-8-22(25(21)5-2)14-11-20-12-17-24(18-13-20)26-23-15-9-19(3)10-16-23/h6-18,26H,4-5H2,1-3H3. The number of hydrogen-bond acceptors (Lipinski definition) is 1. The van der Waals surface area contributed by atoms with E-state index < -0.39 is 0 Å². The van der Waals surface area contributed by atoms with E-state index in [4.69, 9.17) is 0 Å². The minimum absolute atomic E-state index is 1.07. The van der Waals surface area contributed by atoms with Crippen molar-refractivity contribution in [3.8, 4) is 0 Å². The van der Waals surface area contributed by atoms with Gasteiger partial charge in [0.25, 0.3) is 0 Å². The molecule has 0 amide bonds. The molecule has 26 heavy (non-hydrogen) atoms. The molecular formula is C25H27N. The Morgan fingerprint density at radius 2 is 1.38 bits per heavy atom. The second kappa shape index (κ2) is 8.53. The molecule has 0 aliphatic rings. The van der Waals surface area contributed by atoms with Crippen molar-refractivity contribution in [1.82, 2.24) is 0 Å². The molecule has 0 spiro atoms. The lowest BCUT2D eigenvalue weighted by Gasteiger charge is -2.09. The van der Waals surface area contributed by atoms with Gasteiger partial charge in [0, 0.05) is 11.4 Å². The van der Waals surface area contributed by atoms with Crippen molar-refractivity contribution in [2.45, 2.75) is 33.6 Å². The highest BCUT2D eigenvalue weighted by molar-refractivity contribution is 5.73. The predicted molar refractivity (Wildman–Crippen MR) is 115 cm³/mol. The fraction of sp³-hybridized carbons (Fsp3) is 0.200. The highest BCUT2D eigenvalue weighted by Gasteiger charge is 2.02. The molecule has 0 heterocycles. The first-order chi connectivity index (χ1) is 12.7. The SMILES string of the molecule is CCc1cccc(C=Cc2ccc(Nc3ccc(C)cc3)cc2)c1CC. The fourth-order valence-corrected chi connectivity index (χ4v) is 3.24. The molecule has 0 unspecified atom stereocenters. The maximum atomic E-state index is 3.44. The van der Waals surface area contributed by atoms with E-state index in [9.17, 15) is 0 Å². The largest absolute Gasteiger partial charge is 0.356 e. The van der Waals surface area contributed by atoms with Gasteiger partial charge in [-0.1, -0.05) is 74.0 Å². The van der Waals surface area contributed by atoms with Crippen molar-refractivity contribution < 1.29 is 0 Å². The van der Waals surface area contributed by atoms with E-state index in [2.05, 4.69) is 105 Å². The van der Waals surface area contributed by atoms with Gasteiger partial charge in [-0.2, -0.15) is 0 Å². The molecule has 0 atom stereocenters. The highest BCUT2D eigenvalue weighted by atomic mass is 14.9. The molecule has 1 N–H and O–H groups in total. The summed E-state index contributed by atoms with van der Waals surface area (Å²) in [4.78, 5) is 0. The van der Waals surface area contributed by atoms with Crippen LogP contribution in [0.3, 0.4) is 0 Å². The zero-order chi connectivity index (χ0) is 18.4. The van der Waals surface area contributed by atoms with Crippen molar-refractivity contribution in [1.29, 1.82) is 0 Å². The van der Waals surface area contributed by atoms with Gasteiger partial charge < -0.3 is 5.32 Å². The average Bonchev–Trinajstić information content (AvgIpc) is 2.68. The molecule has 0 radical (unpaired) electrons. The van der Waals surface area contributed by atoms with E-state index >= 15 is 0 Å². The number of aryl methyl sites for hydroxylation is 2. The summed E-state index contributed by atoms with van der Waals surface area (Å²) in [5.74, 6) is 0. The molecule has 0 bridgehead atoms. The summed E-state index contributed by atoms with van der Waals surface area (Å²) in [6, 6.07) is 23.6. The molecule has 3 aromatic rings. The molecule has 0 saturated carbocycles. The van der Waals surface area contributed by atoms with Crippen LogP contribution in [-0.2, 0) is 12.8 Å². The summed E-state index contributed by atoms with van der Waals surface area (Å²) in [7, 11) is 0. The quantitative estimate of drug-likeness (QED) is 0.474. The van der Waals surface area contributed by atoms with Crippen LogP contribution >= 0.6 is 0 Å². The minimum atomic E-state index is 1.07. The van der Waals surface area contributed by atoms with Crippen LogP contribution in [0.5, 0.6) is 0 Å². The van der Waals surface area contributed by atoms with E-state index in [1.165, 1.54) is 27.8 Å². The van der Waals surface area contributed by atoms with Gasteiger partial charge in [0.05, 0.1) is 0 Å². The minimum Gasteiger partial charge on any atom is -0.356 e. The van der Waals surface area contributed by atoms with Crippen LogP contribution < -0.4 is 5.32 Å². The first-order valence-electron chi connectivity index (χ1n) is 9.42. The van der Waals surface area contributed by atoms with Crippen molar-refractivity contribution in [3.05, 3.63) is 94.5 Å². The fourth-order valence-electron chi connectivity index (χ4n) is 3.24. The normalized spacial score (nSPS) is 11.0. The Bertz CT molecular complexity index is 871. The molecule has 1 heteroatoms. The molecule has 0 aromatic heterocycles. The Morgan fingerprint density at radius 1 is 0.731 bits per heavy atom. The zero-order valence-electron chi connectivity index (χ0n) is 15.9. The molecule has 0 saturated heterocycles. The topological polar surface area (TPSA) is 12.0 Å². The zero-order valence-corrected chi connectivity index (χ0v) is 15.9. The van der Waals surface area contributed by atoms with E-state index in [0.717, 1.165) is 24.2 Å². The molecule has 132 valence electrons. The Labute approximate surface area is 157 Å². The first kappa shape index (κ1) is 18.0. The summed E-state index contributed by atoms with van der Waals surface area (Å²) in [6.07, 6.45) is 6.59. The van der Waals surface area contributed by atoms with E-state index in [1.54, 1.807) is 0 Å². The van der Waals surface area contributed by atoms with Crippen molar-refractivity contribution >= 4 is 23.5 Å². The van der Waals surface area contributed by atoms with Crippen molar-refractivity contribution in [2.75, 3.05) is 5.32 Å². The van der Waals surface area contributed by atoms with Crippen molar-refractivity contribution in [2.24, 2.45) is 0 Å². The molecule has 1 nitrogen and oxygen atoms in total. The van der Waals surface area contributed by atoms with E-state index in [0.29, 0.717) is 0 Å². The summed E-state index contributed by atoms with van der Waals surface area (Å²) in [5, 5.41) is 3.44. The van der Waals surface area contributed by atoms with Gasteiger partial charge in [0.15, 0.2) is 0 Å². The van der Waals surface area contributed by atoms with Crippen molar-refractivity contribution in [3.63, 3.8) is 0 Å². The summed E-state index contributed by atoms with van der Waals surface area (Å²) >= 11 is 0. The summed E-state index contributed by atoms with van der Waals surface area (Å²) in [5.41, 5.74) is 8.94. The molecule has 0 aliphatic carbocycles. The smallest absolute Gasteiger partial charge is 0.0384 e. The predicted octanol–water partition coefficient (Wildman–Crippen LogP) is 7.03. The van der Waals surface area contributed by atoms with E-state index in [-0.39, 0.29) is 0 Å². The summed E-state index contributed by atoms with van der Waals surface area (Å²) < 4.78 is 0. The first-order valence-corrected chi connectivity index (χ1v) is 9.42. The molecule has 3 aromatic carbocycles. The van der Waals surface area contributed by atoms with Gasteiger partial charge >= 0.3 is 0 Å². The van der Waals surface area contributed by atoms with Gasteiger partial charge in [-0.25, -0.2) is 0 Å². The van der Waals surface area contributed by atoms with Crippen LogP contribution in [0.4, 0.5) is 11.4 Å². The van der Waals surface area contributed by atoms with Crippen LogP contribution in [0.1, 0.15) is 41.7 Å². The molecule has 0 fully saturated rings. The Hall–Kier alpha value is -2.80. The van der Waals surface area contributed by atoms with Gasteiger partial charge in [0.1, 0.15) is 0 Å². The number of benzene rings is 3. The summed E-state index contributed by atoms with van der Waals surface area (Å²) in [6.45, 7) is 6.56. The van der Waals surface area contributed by atoms with Crippen LogP contribution in [0.25, 0.3) is 12.2 Å². The monoisotopic (exact) mass is 341 g/mol. The van der Waals surface area contributed by atoms with Crippen LogP contribution in [0.15, 0.2) is 66.7 Å². The number of nitrogens with one attached hydrogen (secondary N) is 1. The lowest BCUT2D eigenvalue weighted by molar-refractivity contribution is 1.03. The van der Waals surface area contributed by atoms with Gasteiger partial charge in [0.2, 0.25) is 0 Å². The second-order valence-electron chi connectivity index (χ2n) is 6.64. The van der Waals surface area contributed by atoms with E-state index in [1.807, 2.05) is 0 Å². The Balaban J connectivity index is 1.73. The average molecular weight is 341 g/mol. The number of anilines is 2. The van der Waals surface area contributed by atoms with Gasteiger partial charge in [-0.05, 0) is 66.3 Å². The lowest BCUT2D eigenvalue weighted by atomic mass is 9.96. The maximum Gasteiger partial charge on any atom is 0.0384 e. The Morgan fingerprint density at radius 3 is 2.00 bits per heavy atom. The molecule has 0 aliphatic heterocycles. The second-order valence-corrected chi connectivity index (χ2v) is 6.64. The lowest BCUT2D eigenvalue weighted by Crippen LogP contribution is -1.94. The van der Waals surface area contributed by atoms with Gasteiger partial charge in [-0.15, -0.1) is 0 Å². The number of hydrogen-bond donors (Lipinski definition) is 1. The third-order valence-corrected chi connectivity index (χ3v) is 4.75. The third-order valence-electron chi connectivity index (χ3n) is 4.75. The number of rotatable bonds is 6. The van der Waals surface area contributed by atoms with Crippen LogP contribution in [-0.4, -0.2) is 0 Å². The Kier molecular flexibility index (Phi) is 5.91. The maximum absolute atomic E-state index is 3.44. The third kappa shape index (κ3) is 4.43. The van der Waals surface area contributed by atoms with Crippen LogP contribution in [0.2, 0.25) is 0 Å². The molecule has 3 rings (SSSR count). The van der Waals surface area contributed by atoms with Crippen LogP contribution in [0, 0.1) is 6.92 Å². The highest BCUT2D eigenvalue weighted by Crippen LogP contribution is 2.21. The van der Waals surface area contributed by atoms with Gasteiger partial charge in [-0.3, -0.25) is 0 Å².